The first-order valence-electron chi connectivity index (χ1n) is 14.8. The fraction of sp³-hybridized carbons (Fsp3) is 0.194. The van der Waals surface area contributed by atoms with E-state index in [2.05, 4.69) is 5.32 Å². The summed E-state index contributed by atoms with van der Waals surface area (Å²) in [6.45, 7) is 1.12. The lowest BCUT2D eigenvalue weighted by atomic mass is 9.96. The van der Waals surface area contributed by atoms with Gasteiger partial charge in [-0.25, -0.2) is 8.78 Å². The largest absolute Gasteiger partial charge is 0.378 e. The molecule has 0 atom stereocenters. The van der Waals surface area contributed by atoms with Crippen molar-refractivity contribution in [2.24, 2.45) is 0 Å². The number of carbonyl (C=O) groups excluding carboxylic acids is 3. The number of fused-ring (bicyclic) bond motifs is 1. The molecule has 1 saturated heterocycles. The Labute approximate surface area is 259 Å². The topological polar surface area (TPSA) is 79.0 Å². The molecule has 0 unspecified atom stereocenters. The Bertz CT molecular complexity index is 1750. The van der Waals surface area contributed by atoms with Gasteiger partial charge in [0.15, 0.2) is 0 Å². The number of halogens is 2. The van der Waals surface area contributed by atoms with Gasteiger partial charge in [-0.15, -0.1) is 0 Å². The fourth-order valence-electron chi connectivity index (χ4n) is 5.63. The van der Waals surface area contributed by atoms with Crippen molar-refractivity contribution in [3.8, 4) is 11.1 Å². The van der Waals surface area contributed by atoms with E-state index in [0.29, 0.717) is 43.2 Å². The minimum atomic E-state index is -3.34. The number of alkyl halides is 2. The molecule has 1 fully saturated rings. The van der Waals surface area contributed by atoms with Crippen LogP contribution in [-0.4, -0.2) is 61.4 Å². The number of hydrogen-bond acceptors (Lipinski definition) is 4. The number of nitrogens with one attached hydrogen (secondary N) is 1. The average Bonchev–Trinajstić information content (AvgIpc) is 3.19. The summed E-state index contributed by atoms with van der Waals surface area (Å²) in [5.41, 5.74) is 2.99. The molecule has 45 heavy (non-hydrogen) atoms. The Morgan fingerprint density at radius 3 is 2.13 bits per heavy atom. The third kappa shape index (κ3) is 6.39. The molecule has 2 heterocycles. The lowest BCUT2D eigenvalue weighted by molar-refractivity contribution is -0.130. The number of carbonyl (C=O) groups is 3. The molecule has 0 radical (unpaired) electrons. The summed E-state index contributed by atoms with van der Waals surface area (Å²) >= 11 is 0. The SMILES string of the molecule is O=C(Nc1ccc(C(=O)N2CCC(F)(F)/C(=C\C(=O)N3CCOCC3)c3ccccc32)cc1)c1ccccc1-c1ccccc1. The van der Waals surface area contributed by atoms with Gasteiger partial charge in [-0.1, -0.05) is 66.7 Å². The first-order chi connectivity index (χ1) is 21.8. The minimum absolute atomic E-state index is 0.135. The highest BCUT2D eigenvalue weighted by atomic mass is 19.3. The highest BCUT2D eigenvalue weighted by Gasteiger charge is 2.41. The van der Waals surface area contributed by atoms with E-state index in [1.54, 1.807) is 54.6 Å². The second kappa shape index (κ2) is 12.8. The second-order valence-corrected chi connectivity index (χ2v) is 10.9. The van der Waals surface area contributed by atoms with Gasteiger partial charge in [0.05, 0.1) is 18.9 Å². The minimum Gasteiger partial charge on any atom is -0.378 e. The number of amides is 3. The molecule has 1 N–H and O–H groups in total. The molecule has 0 bridgehead atoms. The summed E-state index contributed by atoms with van der Waals surface area (Å²) in [6.07, 6.45) is 0.357. The number of anilines is 2. The summed E-state index contributed by atoms with van der Waals surface area (Å²) < 4.78 is 36.4. The number of benzene rings is 4. The maximum atomic E-state index is 15.6. The first kappa shape index (κ1) is 29.9. The number of para-hydroxylation sites is 1. The van der Waals surface area contributed by atoms with Gasteiger partial charge in [0.2, 0.25) is 5.91 Å². The van der Waals surface area contributed by atoms with Gasteiger partial charge >= 0.3 is 0 Å². The van der Waals surface area contributed by atoms with E-state index < -0.39 is 29.7 Å². The fourth-order valence-corrected chi connectivity index (χ4v) is 5.63. The van der Waals surface area contributed by atoms with Gasteiger partial charge in [-0.2, -0.15) is 0 Å². The Morgan fingerprint density at radius 1 is 0.756 bits per heavy atom. The van der Waals surface area contributed by atoms with Gasteiger partial charge in [0, 0.05) is 60.1 Å². The van der Waals surface area contributed by atoms with Crippen LogP contribution in [0.15, 0.2) is 109 Å². The molecule has 228 valence electrons. The second-order valence-electron chi connectivity index (χ2n) is 10.9. The van der Waals surface area contributed by atoms with Gasteiger partial charge < -0.3 is 19.9 Å². The first-order valence-corrected chi connectivity index (χ1v) is 14.8. The maximum Gasteiger partial charge on any atom is 0.275 e. The lowest BCUT2D eigenvalue weighted by Gasteiger charge is -2.27. The third-order valence-corrected chi connectivity index (χ3v) is 8.01. The smallest absolute Gasteiger partial charge is 0.275 e. The van der Waals surface area contributed by atoms with Crippen molar-refractivity contribution < 1.29 is 27.9 Å². The van der Waals surface area contributed by atoms with Gasteiger partial charge in [-0.05, 0) is 47.5 Å². The molecule has 0 spiro atoms. The Balaban J connectivity index is 1.23. The number of allylic oxidation sites excluding steroid dienone is 1. The molecule has 2 aliphatic rings. The predicted molar refractivity (Wildman–Crippen MR) is 169 cm³/mol. The van der Waals surface area contributed by atoms with E-state index in [1.165, 1.54) is 15.9 Å². The number of nitrogens with zero attached hydrogens (tertiary/aromatic N) is 2. The van der Waals surface area contributed by atoms with Crippen LogP contribution in [0.5, 0.6) is 0 Å². The van der Waals surface area contributed by atoms with Crippen LogP contribution in [-0.2, 0) is 9.53 Å². The van der Waals surface area contributed by atoms with Crippen molar-refractivity contribution >= 4 is 34.7 Å². The van der Waals surface area contributed by atoms with Crippen LogP contribution >= 0.6 is 0 Å². The summed E-state index contributed by atoms with van der Waals surface area (Å²) in [5.74, 6) is -4.61. The van der Waals surface area contributed by atoms with Crippen LogP contribution in [0, 0.1) is 0 Å². The number of morpholine rings is 1. The van der Waals surface area contributed by atoms with E-state index >= 15 is 8.78 Å². The number of hydrogen-bond donors (Lipinski definition) is 1. The Morgan fingerprint density at radius 2 is 1.40 bits per heavy atom. The molecule has 3 amide bonds. The summed E-state index contributed by atoms with van der Waals surface area (Å²) in [7, 11) is 0. The standard InChI is InChI=1S/C36H31F2N3O4/c37-36(38)18-19-41(32-13-7-6-12-30(32)31(36)24-33(42)40-20-22-45-23-21-40)35(44)26-14-16-27(17-15-26)39-34(43)29-11-5-4-10-28(29)25-8-2-1-3-9-25/h1-17,24H,18-23H2,(H,39,43)/b31-24-. The van der Waals surface area contributed by atoms with Gasteiger partial charge in [0.25, 0.3) is 17.7 Å². The predicted octanol–water partition coefficient (Wildman–Crippen LogP) is 6.53. The molecule has 6 rings (SSSR count). The summed E-state index contributed by atoms with van der Waals surface area (Å²) in [5, 5.41) is 2.89. The van der Waals surface area contributed by atoms with E-state index in [1.807, 2.05) is 42.5 Å². The highest BCUT2D eigenvalue weighted by Crippen LogP contribution is 2.43. The van der Waals surface area contributed by atoms with E-state index in [-0.39, 0.29) is 23.6 Å². The zero-order valence-electron chi connectivity index (χ0n) is 24.4. The van der Waals surface area contributed by atoms with Crippen molar-refractivity contribution in [2.75, 3.05) is 43.1 Å². The molecule has 2 aliphatic heterocycles. The quantitative estimate of drug-likeness (QED) is 0.262. The van der Waals surface area contributed by atoms with Crippen molar-refractivity contribution in [1.82, 2.24) is 4.90 Å². The van der Waals surface area contributed by atoms with E-state index in [9.17, 15) is 14.4 Å². The highest BCUT2D eigenvalue weighted by molar-refractivity contribution is 6.11. The van der Waals surface area contributed by atoms with Crippen LogP contribution in [0.4, 0.5) is 20.2 Å². The van der Waals surface area contributed by atoms with Crippen molar-refractivity contribution in [3.63, 3.8) is 0 Å². The Kier molecular flexibility index (Phi) is 8.53. The number of rotatable bonds is 5. The van der Waals surface area contributed by atoms with E-state index in [0.717, 1.165) is 17.2 Å². The molecular formula is C36H31F2N3O4. The van der Waals surface area contributed by atoms with Crippen molar-refractivity contribution in [2.45, 2.75) is 12.3 Å². The summed E-state index contributed by atoms with van der Waals surface area (Å²) in [4.78, 5) is 42.7. The van der Waals surface area contributed by atoms with Gasteiger partial charge in [-0.3, -0.25) is 14.4 Å². The molecular weight excluding hydrogens is 576 g/mol. The summed E-state index contributed by atoms with van der Waals surface area (Å²) in [6, 6.07) is 29.7. The molecule has 0 aromatic heterocycles. The zero-order chi connectivity index (χ0) is 31.4. The molecule has 9 heteroatoms. The monoisotopic (exact) mass is 607 g/mol. The molecule has 4 aromatic carbocycles. The van der Waals surface area contributed by atoms with Crippen molar-refractivity contribution in [3.05, 3.63) is 126 Å². The normalized spacial score (nSPS) is 16.9. The van der Waals surface area contributed by atoms with E-state index in [4.69, 9.17) is 4.74 Å². The third-order valence-electron chi connectivity index (χ3n) is 8.01. The molecule has 0 aliphatic carbocycles. The maximum absolute atomic E-state index is 15.6. The van der Waals surface area contributed by atoms with Crippen molar-refractivity contribution in [1.29, 1.82) is 0 Å². The molecule has 7 nitrogen and oxygen atoms in total. The van der Waals surface area contributed by atoms with Crippen LogP contribution in [0.2, 0.25) is 0 Å². The lowest BCUT2D eigenvalue weighted by Crippen LogP contribution is -2.40. The Hall–Kier alpha value is -5.15. The van der Waals surface area contributed by atoms with Crippen LogP contribution < -0.4 is 10.2 Å². The van der Waals surface area contributed by atoms with Crippen LogP contribution in [0.25, 0.3) is 16.7 Å². The zero-order valence-corrected chi connectivity index (χ0v) is 24.4. The average molecular weight is 608 g/mol. The van der Waals surface area contributed by atoms with Crippen LogP contribution in [0.1, 0.15) is 32.7 Å². The molecule has 0 saturated carbocycles. The van der Waals surface area contributed by atoms with Gasteiger partial charge in [0.1, 0.15) is 0 Å². The molecule has 4 aromatic rings. The number of ether oxygens (including phenoxy) is 1. The van der Waals surface area contributed by atoms with Crippen LogP contribution in [0.3, 0.4) is 0 Å².